The number of aromatic nitrogens is 1. The molecule has 2 aromatic carbocycles. The fraction of sp³-hybridized carbons (Fsp3) is 0.400. The third-order valence-electron chi connectivity index (χ3n) is 6.94. The van der Waals surface area contributed by atoms with Gasteiger partial charge in [-0.05, 0) is 47.6 Å². The van der Waals surface area contributed by atoms with Crippen molar-refractivity contribution in [1.29, 1.82) is 0 Å². The molecule has 0 aliphatic carbocycles. The lowest BCUT2D eigenvalue weighted by Gasteiger charge is -2.28. The number of hydrogen-bond donors (Lipinski definition) is 7. The number of fused-ring (bicyclic) bond motifs is 1. The number of para-hydroxylation sites is 1. The average molecular weight is 566 g/mol. The third-order valence-corrected chi connectivity index (χ3v) is 6.94. The monoisotopic (exact) mass is 565 g/mol. The Morgan fingerprint density at radius 3 is 1.95 bits per heavy atom. The van der Waals surface area contributed by atoms with E-state index in [4.69, 9.17) is 5.73 Å². The topological polar surface area (TPSA) is 187 Å². The molecule has 0 bridgehead atoms. The minimum atomic E-state index is -1.26. The summed E-state index contributed by atoms with van der Waals surface area (Å²) in [6.45, 7) is 6.97. The Bertz CT molecular complexity index is 1370. The molecular formula is C30H39N5O6. The molecule has 0 aliphatic rings. The van der Waals surface area contributed by atoms with Crippen LogP contribution in [0.15, 0.2) is 54.7 Å². The number of carbonyl (C=O) groups excluding carboxylic acids is 3. The summed E-state index contributed by atoms with van der Waals surface area (Å²) in [6, 6.07) is 9.47. The highest BCUT2D eigenvalue weighted by molar-refractivity contribution is 5.94. The van der Waals surface area contributed by atoms with Gasteiger partial charge in [0.15, 0.2) is 0 Å². The third kappa shape index (κ3) is 8.31. The lowest BCUT2D eigenvalue weighted by atomic mass is 9.98. The van der Waals surface area contributed by atoms with E-state index >= 15 is 0 Å². The first-order valence-electron chi connectivity index (χ1n) is 13.6. The van der Waals surface area contributed by atoms with Crippen LogP contribution in [0.4, 0.5) is 0 Å². The number of carboxylic acids is 1. The second-order valence-electron chi connectivity index (χ2n) is 10.9. The number of benzene rings is 2. The number of phenols is 1. The van der Waals surface area contributed by atoms with Gasteiger partial charge in [-0.3, -0.25) is 14.4 Å². The number of hydrogen-bond acceptors (Lipinski definition) is 6. The fourth-order valence-corrected chi connectivity index (χ4v) is 4.53. The van der Waals surface area contributed by atoms with E-state index < -0.39 is 47.9 Å². The molecule has 11 nitrogen and oxygen atoms in total. The second kappa shape index (κ2) is 13.8. The van der Waals surface area contributed by atoms with Crippen molar-refractivity contribution in [2.75, 3.05) is 0 Å². The maximum atomic E-state index is 13.3. The van der Waals surface area contributed by atoms with Crippen LogP contribution in [0.1, 0.15) is 38.8 Å². The van der Waals surface area contributed by atoms with Gasteiger partial charge in [-0.2, -0.15) is 0 Å². The van der Waals surface area contributed by atoms with E-state index in [9.17, 15) is 29.4 Å². The average Bonchev–Trinajstić information content (AvgIpc) is 3.32. The first kappa shape index (κ1) is 31.2. The molecule has 11 heteroatoms. The molecule has 0 saturated heterocycles. The molecule has 1 heterocycles. The predicted octanol–water partition coefficient (Wildman–Crippen LogP) is 1.84. The molecule has 3 aromatic rings. The highest BCUT2D eigenvalue weighted by Crippen LogP contribution is 2.19. The molecule has 3 amide bonds. The SMILES string of the molecule is CC(C)[C@H](NC(=O)[C@H](NC(=O)[C@@H](N)Cc1c[nH]c2ccccc12)C(C)C)C(=O)N[C@H](Cc1ccc(O)cc1)C(=O)O. The highest BCUT2D eigenvalue weighted by atomic mass is 16.4. The Hall–Kier alpha value is -4.38. The van der Waals surface area contributed by atoms with E-state index in [0.29, 0.717) is 5.56 Å². The molecule has 1 aromatic heterocycles. The normalized spacial score (nSPS) is 14.3. The Labute approximate surface area is 238 Å². The van der Waals surface area contributed by atoms with Crippen molar-refractivity contribution in [3.05, 3.63) is 65.9 Å². The smallest absolute Gasteiger partial charge is 0.326 e. The molecule has 8 N–H and O–H groups in total. The Morgan fingerprint density at radius 1 is 0.805 bits per heavy atom. The Kier molecular flexibility index (Phi) is 10.5. The number of aliphatic carboxylic acids is 1. The van der Waals surface area contributed by atoms with Crippen molar-refractivity contribution in [2.24, 2.45) is 17.6 Å². The maximum Gasteiger partial charge on any atom is 0.326 e. The number of nitrogens with one attached hydrogen (secondary N) is 4. The summed E-state index contributed by atoms with van der Waals surface area (Å²) in [4.78, 5) is 54.5. The predicted molar refractivity (Wildman–Crippen MR) is 155 cm³/mol. The lowest BCUT2D eigenvalue weighted by molar-refractivity contribution is -0.142. The van der Waals surface area contributed by atoms with Gasteiger partial charge in [0.25, 0.3) is 0 Å². The van der Waals surface area contributed by atoms with Gasteiger partial charge in [-0.15, -0.1) is 0 Å². The van der Waals surface area contributed by atoms with E-state index in [-0.39, 0.29) is 30.4 Å². The standard InChI is InChI=1S/C30H39N5O6/c1-16(2)25(28(38)33-24(30(40)41)13-18-9-11-20(36)12-10-18)35-29(39)26(17(3)4)34-27(37)22(31)14-19-15-32-23-8-6-5-7-21(19)23/h5-12,15-17,22,24-26,32,36H,13-14,31H2,1-4H3,(H,33,38)(H,34,37)(H,35,39)(H,40,41)/t22-,24+,25-,26+/m0/s1. The highest BCUT2D eigenvalue weighted by Gasteiger charge is 2.33. The second-order valence-corrected chi connectivity index (χ2v) is 10.9. The van der Waals surface area contributed by atoms with Crippen LogP contribution in [0.3, 0.4) is 0 Å². The molecule has 0 aliphatic heterocycles. The number of carboxylic acid groups (broad SMARTS) is 1. The Balaban J connectivity index is 1.66. The largest absolute Gasteiger partial charge is 0.508 e. The van der Waals surface area contributed by atoms with Crippen LogP contribution in [0.5, 0.6) is 5.75 Å². The number of phenolic OH excluding ortho intramolecular Hbond substituents is 1. The van der Waals surface area contributed by atoms with Gasteiger partial charge in [-0.25, -0.2) is 4.79 Å². The van der Waals surface area contributed by atoms with Gasteiger partial charge in [-0.1, -0.05) is 58.0 Å². The summed E-state index contributed by atoms with van der Waals surface area (Å²) >= 11 is 0. The van der Waals surface area contributed by atoms with Crippen LogP contribution >= 0.6 is 0 Å². The van der Waals surface area contributed by atoms with Crippen LogP contribution in [0, 0.1) is 11.8 Å². The molecular weight excluding hydrogens is 526 g/mol. The summed E-state index contributed by atoms with van der Waals surface area (Å²) in [5, 5.41) is 28.0. The van der Waals surface area contributed by atoms with Crippen molar-refractivity contribution in [1.82, 2.24) is 20.9 Å². The zero-order chi connectivity index (χ0) is 30.3. The molecule has 41 heavy (non-hydrogen) atoms. The number of H-pyrrole nitrogens is 1. The number of nitrogens with two attached hydrogens (primary N) is 1. The quantitative estimate of drug-likeness (QED) is 0.165. The molecule has 4 atom stereocenters. The van der Waals surface area contributed by atoms with Crippen LogP contribution in [-0.4, -0.2) is 63.1 Å². The molecule has 0 radical (unpaired) electrons. The summed E-state index contributed by atoms with van der Waals surface area (Å²) in [5.74, 6) is -3.65. The number of amides is 3. The number of rotatable bonds is 13. The van der Waals surface area contributed by atoms with Crippen LogP contribution in [-0.2, 0) is 32.0 Å². The van der Waals surface area contributed by atoms with Crippen molar-refractivity contribution in [3.8, 4) is 5.75 Å². The van der Waals surface area contributed by atoms with Gasteiger partial charge in [0.1, 0.15) is 23.9 Å². The number of aromatic amines is 1. The van der Waals surface area contributed by atoms with E-state index in [0.717, 1.165) is 16.5 Å². The van der Waals surface area contributed by atoms with Gasteiger partial charge < -0.3 is 36.9 Å². The minimum Gasteiger partial charge on any atom is -0.508 e. The van der Waals surface area contributed by atoms with Gasteiger partial charge in [0, 0.05) is 23.5 Å². The van der Waals surface area contributed by atoms with Crippen molar-refractivity contribution < 1.29 is 29.4 Å². The van der Waals surface area contributed by atoms with E-state index in [2.05, 4.69) is 20.9 Å². The van der Waals surface area contributed by atoms with Crippen molar-refractivity contribution in [2.45, 2.75) is 64.7 Å². The maximum absolute atomic E-state index is 13.3. The summed E-state index contributed by atoms with van der Waals surface area (Å²) in [6.07, 6.45) is 2.05. The van der Waals surface area contributed by atoms with E-state index in [1.165, 1.54) is 12.1 Å². The van der Waals surface area contributed by atoms with Crippen molar-refractivity contribution >= 4 is 34.6 Å². The molecule has 0 saturated carbocycles. The number of aromatic hydroxyl groups is 1. The van der Waals surface area contributed by atoms with Gasteiger partial charge in [0.05, 0.1) is 6.04 Å². The minimum absolute atomic E-state index is 0.0148. The fourth-order valence-electron chi connectivity index (χ4n) is 4.53. The first-order valence-corrected chi connectivity index (χ1v) is 13.6. The summed E-state index contributed by atoms with van der Waals surface area (Å²) in [5.41, 5.74) is 8.62. The van der Waals surface area contributed by atoms with Gasteiger partial charge in [0.2, 0.25) is 17.7 Å². The molecule has 220 valence electrons. The first-order chi connectivity index (χ1) is 19.4. The molecule has 0 fully saturated rings. The number of carbonyl (C=O) groups is 4. The molecule has 0 unspecified atom stereocenters. The van der Waals surface area contributed by atoms with Crippen LogP contribution in [0.25, 0.3) is 10.9 Å². The zero-order valence-electron chi connectivity index (χ0n) is 23.7. The molecule has 3 rings (SSSR count). The van der Waals surface area contributed by atoms with Crippen LogP contribution < -0.4 is 21.7 Å². The van der Waals surface area contributed by atoms with Crippen LogP contribution in [0.2, 0.25) is 0 Å². The van der Waals surface area contributed by atoms with Crippen molar-refractivity contribution in [3.63, 3.8) is 0 Å². The zero-order valence-corrected chi connectivity index (χ0v) is 23.7. The summed E-state index contributed by atoms with van der Waals surface area (Å²) < 4.78 is 0. The summed E-state index contributed by atoms with van der Waals surface area (Å²) in [7, 11) is 0. The van der Waals surface area contributed by atoms with E-state index in [1.54, 1.807) is 39.8 Å². The molecule has 0 spiro atoms. The lowest BCUT2D eigenvalue weighted by Crippen LogP contribution is -2.59. The van der Waals surface area contributed by atoms with Gasteiger partial charge >= 0.3 is 5.97 Å². The Morgan fingerprint density at radius 2 is 1.37 bits per heavy atom. The van der Waals surface area contributed by atoms with E-state index in [1.807, 2.05) is 30.5 Å².